The van der Waals surface area contributed by atoms with E-state index in [2.05, 4.69) is 50.6 Å². The Balaban J connectivity index is 0.00000300. The lowest BCUT2D eigenvalue weighted by Crippen LogP contribution is -2.52. The molecule has 1 aromatic heterocycles. The number of methoxy groups -OCH3 is 1. The molecule has 6 nitrogen and oxygen atoms in total. The summed E-state index contributed by atoms with van der Waals surface area (Å²) in [5.74, 6) is 1.94. The molecule has 0 aliphatic carbocycles. The van der Waals surface area contributed by atoms with Crippen molar-refractivity contribution in [3.8, 4) is 5.75 Å². The first kappa shape index (κ1) is 23.7. The molecule has 1 fully saturated rings. The standard InChI is InChI=1S/C21H31N5OS.HI/c1-4-22-21(23-10-6-9-20-24-17(2)16-28-20)26-13-11-25(12-14-26)18-7-5-8-19(15-18)27-3;/h5,7-8,15-16H,4,6,9-14H2,1-3H3,(H,22,23);1H. The van der Waals surface area contributed by atoms with Crippen molar-refractivity contribution in [1.82, 2.24) is 15.2 Å². The van der Waals surface area contributed by atoms with Gasteiger partial charge in [0.2, 0.25) is 0 Å². The summed E-state index contributed by atoms with van der Waals surface area (Å²) in [4.78, 5) is 14.2. The maximum atomic E-state index is 5.36. The van der Waals surface area contributed by atoms with Crippen LogP contribution in [0.2, 0.25) is 0 Å². The summed E-state index contributed by atoms with van der Waals surface area (Å²) >= 11 is 1.75. The highest BCUT2D eigenvalue weighted by Gasteiger charge is 2.20. The van der Waals surface area contributed by atoms with Crippen LogP contribution in [-0.4, -0.2) is 62.2 Å². The lowest BCUT2D eigenvalue weighted by atomic mass is 10.2. The number of aliphatic imine (C=N–C) groups is 1. The molecule has 1 aliphatic heterocycles. The quantitative estimate of drug-likeness (QED) is 0.256. The number of anilines is 1. The van der Waals surface area contributed by atoms with Crippen LogP contribution in [0.25, 0.3) is 0 Å². The fourth-order valence-electron chi connectivity index (χ4n) is 3.34. The third kappa shape index (κ3) is 7.02. The van der Waals surface area contributed by atoms with Crippen LogP contribution >= 0.6 is 35.3 Å². The summed E-state index contributed by atoms with van der Waals surface area (Å²) in [7, 11) is 1.71. The molecule has 1 N–H and O–H groups in total. The van der Waals surface area contributed by atoms with Crippen molar-refractivity contribution in [2.45, 2.75) is 26.7 Å². The van der Waals surface area contributed by atoms with E-state index in [9.17, 15) is 0 Å². The number of nitrogens with one attached hydrogen (secondary N) is 1. The SMILES string of the molecule is CCNC(=NCCCc1nc(C)cs1)N1CCN(c2cccc(OC)c2)CC1.I. The zero-order chi connectivity index (χ0) is 19.8. The second kappa shape index (κ2) is 12.2. The highest BCUT2D eigenvalue weighted by atomic mass is 127. The number of piperazine rings is 1. The Bertz CT molecular complexity index is 774. The molecule has 0 spiro atoms. The van der Waals surface area contributed by atoms with Gasteiger partial charge in [-0.3, -0.25) is 4.99 Å². The molecule has 8 heteroatoms. The predicted molar refractivity (Wildman–Crippen MR) is 133 cm³/mol. The fourth-order valence-corrected chi connectivity index (χ4v) is 4.16. The Kier molecular flexibility index (Phi) is 9.99. The van der Waals surface area contributed by atoms with Gasteiger partial charge in [0.05, 0.1) is 12.1 Å². The molecule has 0 saturated carbocycles. The number of hydrogen-bond acceptors (Lipinski definition) is 5. The molecule has 29 heavy (non-hydrogen) atoms. The fraction of sp³-hybridized carbons (Fsp3) is 0.524. The van der Waals surface area contributed by atoms with E-state index in [1.54, 1.807) is 18.4 Å². The monoisotopic (exact) mass is 529 g/mol. The van der Waals surface area contributed by atoms with Crippen molar-refractivity contribution < 1.29 is 4.74 Å². The molecule has 0 atom stereocenters. The van der Waals surface area contributed by atoms with E-state index in [4.69, 9.17) is 9.73 Å². The number of rotatable bonds is 7. The third-order valence-electron chi connectivity index (χ3n) is 4.81. The maximum Gasteiger partial charge on any atom is 0.194 e. The molecule has 0 unspecified atom stereocenters. The summed E-state index contributed by atoms with van der Waals surface area (Å²) < 4.78 is 5.36. The number of aryl methyl sites for hydroxylation is 2. The normalized spacial score (nSPS) is 14.5. The summed E-state index contributed by atoms with van der Waals surface area (Å²) in [6, 6.07) is 8.30. The molecule has 1 aliphatic rings. The van der Waals surface area contributed by atoms with Crippen LogP contribution in [0, 0.1) is 6.92 Å². The van der Waals surface area contributed by atoms with Crippen molar-refractivity contribution in [2.24, 2.45) is 4.99 Å². The summed E-state index contributed by atoms with van der Waals surface area (Å²) in [6.07, 6.45) is 2.04. The van der Waals surface area contributed by atoms with Crippen molar-refractivity contribution in [3.63, 3.8) is 0 Å². The first-order chi connectivity index (χ1) is 13.7. The lowest BCUT2D eigenvalue weighted by molar-refractivity contribution is 0.372. The van der Waals surface area contributed by atoms with E-state index in [1.807, 2.05) is 13.0 Å². The van der Waals surface area contributed by atoms with Gasteiger partial charge >= 0.3 is 0 Å². The Morgan fingerprint density at radius 1 is 1.28 bits per heavy atom. The molecule has 3 rings (SSSR count). The Morgan fingerprint density at radius 2 is 2.07 bits per heavy atom. The highest BCUT2D eigenvalue weighted by molar-refractivity contribution is 14.0. The van der Waals surface area contributed by atoms with Crippen LogP contribution in [0.15, 0.2) is 34.6 Å². The molecular weight excluding hydrogens is 497 g/mol. The smallest absolute Gasteiger partial charge is 0.194 e. The molecule has 1 saturated heterocycles. The zero-order valence-corrected chi connectivity index (χ0v) is 20.7. The van der Waals surface area contributed by atoms with Gasteiger partial charge in [0.15, 0.2) is 5.96 Å². The minimum atomic E-state index is 0. The lowest BCUT2D eigenvalue weighted by Gasteiger charge is -2.37. The van der Waals surface area contributed by atoms with Gasteiger partial charge in [0.25, 0.3) is 0 Å². The van der Waals surface area contributed by atoms with Crippen LogP contribution in [0.4, 0.5) is 5.69 Å². The van der Waals surface area contributed by atoms with Gasteiger partial charge < -0.3 is 19.9 Å². The predicted octanol–water partition coefficient (Wildman–Crippen LogP) is 3.80. The van der Waals surface area contributed by atoms with Gasteiger partial charge in [-0.25, -0.2) is 4.98 Å². The van der Waals surface area contributed by atoms with Gasteiger partial charge in [0, 0.05) is 68.5 Å². The highest BCUT2D eigenvalue weighted by Crippen LogP contribution is 2.22. The molecule has 0 amide bonds. The minimum Gasteiger partial charge on any atom is -0.497 e. The molecule has 2 heterocycles. The van der Waals surface area contributed by atoms with Gasteiger partial charge in [-0.1, -0.05) is 6.07 Å². The van der Waals surface area contributed by atoms with Crippen molar-refractivity contribution >= 4 is 47.0 Å². The molecule has 1 aromatic carbocycles. The van der Waals surface area contributed by atoms with Crippen LogP contribution in [0.5, 0.6) is 5.75 Å². The number of guanidine groups is 1. The Morgan fingerprint density at radius 3 is 2.72 bits per heavy atom. The van der Waals surface area contributed by atoms with Gasteiger partial charge in [0.1, 0.15) is 5.75 Å². The second-order valence-electron chi connectivity index (χ2n) is 6.90. The van der Waals surface area contributed by atoms with E-state index in [0.29, 0.717) is 0 Å². The number of hydrogen-bond donors (Lipinski definition) is 1. The number of thiazole rings is 1. The van der Waals surface area contributed by atoms with Crippen LogP contribution in [0.3, 0.4) is 0 Å². The van der Waals surface area contributed by atoms with Gasteiger partial charge in [-0.05, 0) is 32.4 Å². The Hall–Kier alpha value is -1.55. The number of aromatic nitrogens is 1. The number of nitrogens with zero attached hydrogens (tertiary/aromatic N) is 4. The minimum absolute atomic E-state index is 0. The second-order valence-corrected chi connectivity index (χ2v) is 7.84. The van der Waals surface area contributed by atoms with E-state index in [-0.39, 0.29) is 24.0 Å². The molecule has 0 radical (unpaired) electrons. The largest absolute Gasteiger partial charge is 0.497 e. The third-order valence-corrected chi connectivity index (χ3v) is 5.84. The van der Waals surface area contributed by atoms with E-state index in [1.165, 1.54) is 10.7 Å². The Labute approximate surface area is 195 Å². The van der Waals surface area contributed by atoms with Crippen LogP contribution in [0.1, 0.15) is 24.0 Å². The maximum absolute atomic E-state index is 5.36. The van der Waals surface area contributed by atoms with E-state index >= 15 is 0 Å². The van der Waals surface area contributed by atoms with E-state index in [0.717, 1.165) is 69.5 Å². The summed E-state index contributed by atoms with van der Waals surface area (Å²) in [5.41, 5.74) is 2.34. The number of benzene rings is 1. The topological polar surface area (TPSA) is 53.0 Å². The average molecular weight is 529 g/mol. The molecule has 2 aromatic rings. The van der Waals surface area contributed by atoms with Crippen LogP contribution < -0.4 is 15.0 Å². The van der Waals surface area contributed by atoms with Crippen molar-refractivity contribution in [1.29, 1.82) is 0 Å². The first-order valence-corrected chi connectivity index (χ1v) is 10.9. The summed E-state index contributed by atoms with van der Waals surface area (Å²) in [5, 5.41) is 6.78. The first-order valence-electron chi connectivity index (χ1n) is 10.0. The average Bonchev–Trinajstić information content (AvgIpc) is 3.15. The van der Waals surface area contributed by atoms with Crippen molar-refractivity contribution in [3.05, 3.63) is 40.3 Å². The zero-order valence-electron chi connectivity index (χ0n) is 17.6. The van der Waals surface area contributed by atoms with Gasteiger partial charge in [-0.2, -0.15) is 0 Å². The van der Waals surface area contributed by atoms with E-state index < -0.39 is 0 Å². The molecular formula is C21H32IN5OS. The molecule has 0 bridgehead atoms. The summed E-state index contributed by atoms with van der Waals surface area (Å²) in [6.45, 7) is 9.79. The number of halogens is 1. The number of ether oxygens (including phenoxy) is 1. The molecule has 160 valence electrons. The van der Waals surface area contributed by atoms with Crippen molar-refractivity contribution in [2.75, 3.05) is 51.3 Å². The van der Waals surface area contributed by atoms with Gasteiger partial charge in [-0.15, -0.1) is 35.3 Å². The van der Waals surface area contributed by atoms with Crippen LogP contribution in [-0.2, 0) is 6.42 Å².